The van der Waals surface area contributed by atoms with Crippen molar-refractivity contribution in [2.45, 2.75) is 31.3 Å². The number of halogens is 1. The zero-order valence-electron chi connectivity index (χ0n) is 11.1. The van der Waals surface area contributed by atoms with Gasteiger partial charge in [-0.05, 0) is 31.4 Å². The zero-order valence-corrected chi connectivity index (χ0v) is 11.1. The maximum atomic E-state index is 13.7. The number of nitrogens with zero attached hydrogens (tertiary/aromatic N) is 1. The van der Waals surface area contributed by atoms with Crippen LogP contribution in [0.4, 0.5) is 15.8 Å². The molecule has 1 unspecified atom stereocenters. The number of carbonyl (C=O) groups is 1. The van der Waals surface area contributed by atoms with Gasteiger partial charge in [-0.2, -0.15) is 0 Å². The van der Waals surface area contributed by atoms with Gasteiger partial charge >= 0.3 is 5.97 Å². The Balaban J connectivity index is 1.71. The van der Waals surface area contributed by atoms with Crippen LogP contribution in [-0.4, -0.2) is 41.1 Å². The Kier molecular flexibility index (Phi) is 3.25. The fraction of sp³-hybridized carbons (Fsp3) is 0.500. The van der Waals surface area contributed by atoms with E-state index in [0.717, 1.165) is 25.6 Å². The van der Waals surface area contributed by atoms with E-state index >= 15 is 0 Å². The van der Waals surface area contributed by atoms with E-state index in [2.05, 4.69) is 10.2 Å². The molecule has 0 aromatic heterocycles. The molecule has 0 spiro atoms. The van der Waals surface area contributed by atoms with Gasteiger partial charge in [-0.1, -0.05) is 0 Å². The van der Waals surface area contributed by atoms with E-state index in [4.69, 9.17) is 10.8 Å². The van der Waals surface area contributed by atoms with Gasteiger partial charge in [0.15, 0.2) is 0 Å². The van der Waals surface area contributed by atoms with Crippen LogP contribution in [0.3, 0.4) is 0 Å². The van der Waals surface area contributed by atoms with Crippen molar-refractivity contribution in [2.24, 2.45) is 0 Å². The fourth-order valence-corrected chi connectivity index (χ4v) is 2.78. The molecule has 0 radical (unpaired) electrons. The monoisotopic (exact) mass is 279 g/mol. The first-order valence-corrected chi connectivity index (χ1v) is 6.87. The number of anilines is 2. The summed E-state index contributed by atoms with van der Waals surface area (Å²) in [4.78, 5) is 13.3. The van der Waals surface area contributed by atoms with Gasteiger partial charge in [-0.15, -0.1) is 0 Å². The minimum atomic E-state index is -1.30. The van der Waals surface area contributed by atoms with E-state index in [1.807, 2.05) is 0 Å². The highest BCUT2D eigenvalue weighted by molar-refractivity contribution is 5.90. The second-order valence-corrected chi connectivity index (χ2v) is 5.58. The predicted molar refractivity (Wildman–Crippen MR) is 74.4 cm³/mol. The van der Waals surface area contributed by atoms with Crippen LogP contribution < -0.4 is 11.1 Å². The number of carboxylic acids is 1. The molecule has 0 bridgehead atoms. The molecule has 2 fully saturated rings. The Morgan fingerprint density at radius 2 is 2.15 bits per heavy atom. The number of nitrogens with one attached hydrogen (secondary N) is 1. The molecule has 1 saturated carbocycles. The molecule has 5 nitrogen and oxygen atoms in total. The van der Waals surface area contributed by atoms with Crippen molar-refractivity contribution in [1.82, 2.24) is 4.90 Å². The fourth-order valence-electron chi connectivity index (χ4n) is 2.78. The summed E-state index contributed by atoms with van der Waals surface area (Å²) in [5.74, 6) is -2.06. The summed E-state index contributed by atoms with van der Waals surface area (Å²) in [6.07, 6.45) is 3.55. The maximum absolute atomic E-state index is 13.7. The number of nitrogen functional groups attached to an aromatic ring is 1. The summed E-state index contributed by atoms with van der Waals surface area (Å²) in [6.45, 7) is 1.99. The first-order chi connectivity index (χ1) is 9.54. The Hall–Kier alpha value is -1.82. The Bertz CT molecular complexity index is 545. The first-order valence-electron chi connectivity index (χ1n) is 6.87. The summed E-state index contributed by atoms with van der Waals surface area (Å²) >= 11 is 0. The molecule has 4 N–H and O–H groups in total. The molecular weight excluding hydrogens is 261 g/mol. The molecule has 1 atom stereocenters. The second-order valence-electron chi connectivity index (χ2n) is 5.58. The Morgan fingerprint density at radius 1 is 1.40 bits per heavy atom. The number of rotatable bonds is 4. The third kappa shape index (κ3) is 2.56. The normalized spacial score (nSPS) is 22.9. The summed E-state index contributed by atoms with van der Waals surface area (Å²) in [5.41, 5.74) is 6.17. The van der Waals surface area contributed by atoms with Gasteiger partial charge < -0.3 is 16.2 Å². The lowest BCUT2D eigenvalue weighted by molar-refractivity contribution is 0.0692. The van der Waals surface area contributed by atoms with Crippen molar-refractivity contribution in [2.75, 3.05) is 24.1 Å². The highest BCUT2D eigenvalue weighted by atomic mass is 19.1. The van der Waals surface area contributed by atoms with Gasteiger partial charge in [0.2, 0.25) is 0 Å². The molecule has 1 aromatic rings. The molecule has 6 heteroatoms. The van der Waals surface area contributed by atoms with Crippen molar-refractivity contribution in [3.8, 4) is 0 Å². The highest BCUT2D eigenvalue weighted by Crippen LogP contribution is 2.31. The van der Waals surface area contributed by atoms with Crippen LogP contribution in [-0.2, 0) is 0 Å². The molecule has 3 rings (SSSR count). The summed E-state index contributed by atoms with van der Waals surface area (Å²) in [6, 6.07) is 3.32. The van der Waals surface area contributed by atoms with E-state index in [1.165, 1.54) is 25.0 Å². The standard InChI is InChI=1S/C14H18FN3O2/c15-11-6-13(12(16)5-10(11)14(19)20)17-8-3-4-18(7-8)9-1-2-9/h5-6,8-9,17H,1-4,7,16H2,(H,19,20). The third-order valence-electron chi connectivity index (χ3n) is 4.01. The molecule has 1 aliphatic heterocycles. The number of carboxylic acid groups (broad SMARTS) is 1. The number of hydrogen-bond donors (Lipinski definition) is 3. The lowest BCUT2D eigenvalue weighted by atomic mass is 10.1. The SMILES string of the molecule is Nc1cc(C(=O)O)c(F)cc1NC1CCN(C2CC2)C1. The molecule has 1 aliphatic carbocycles. The van der Waals surface area contributed by atoms with Gasteiger partial charge in [0.05, 0.1) is 16.9 Å². The lowest BCUT2D eigenvalue weighted by Gasteiger charge is -2.18. The minimum Gasteiger partial charge on any atom is -0.478 e. The molecular formula is C14H18FN3O2. The smallest absolute Gasteiger partial charge is 0.338 e. The molecule has 108 valence electrons. The summed E-state index contributed by atoms with van der Waals surface area (Å²) in [7, 11) is 0. The second kappa shape index (κ2) is 4.94. The number of benzene rings is 1. The molecule has 1 heterocycles. The van der Waals surface area contributed by atoms with Crippen LogP contribution in [0, 0.1) is 5.82 Å². The summed E-state index contributed by atoms with van der Waals surface area (Å²) in [5, 5.41) is 12.1. The van der Waals surface area contributed by atoms with Crippen molar-refractivity contribution >= 4 is 17.3 Å². The van der Waals surface area contributed by atoms with E-state index in [-0.39, 0.29) is 17.3 Å². The van der Waals surface area contributed by atoms with Crippen molar-refractivity contribution in [3.05, 3.63) is 23.5 Å². The average molecular weight is 279 g/mol. The quantitative estimate of drug-likeness (QED) is 0.732. The van der Waals surface area contributed by atoms with Gasteiger partial charge in [0.25, 0.3) is 0 Å². The Morgan fingerprint density at radius 3 is 2.80 bits per heavy atom. The third-order valence-corrected chi connectivity index (χ3v) is 4.01. The maximum Gasteiger partial charge on any atom is 0.338 e. The van der Waals surface area contributed by atoms with E-state index in [0.29, 0.717) is 5.69 Å². The average Bonchev–Trinajstić information content (AvgIpc) is 3.14. The van der Waals surface area contributed by atoms with Crippen LogP contribution in [0.2, 0.25) is 0 Å². The van der Waals surface area contributed by atoms with Gasteiger partial charge in [-0.3, -0.25) is 4.90 Å². The topological polar surface area (TPSA) is 78.6 Å². The first kappa shape index (κ1) is 13.2. The summed E-state index contributed by atoms with van der Waals surface area (Å²) < 4.78 is 13.7. The molecule has 1 aromatic carbocycles. The van der Waals surface area contributed by atoms with Crippen molar-refractivity contribution in [1.29, 1.82) is 0 Å². The largest absolute Gasteiger partial charge is 0.478 e. The van der Waals surface area contributed by atoms with Gasteiger partial charge in [0, 0.05) is 25.2 Å². The number of aromatic carboxylic acids is 1. The molecule has 2 aliphatic rings. The van der Waals surface area contributed by atoms with Crippen molar-refractivity contribution < 1.29 is 14.3 Å². The van der Waals surface area contributed by atoms with Crippen LogP contribution in [0.1, 0.15) is 29.6 Å². The molecule has 20 heavy (non-hydrogen) atoms. The van der Waals surface area contributed by atoms with E-state index in [9.17, 15) is 9.18 Å². The van der Waals surface area contributed by atoms with Gasteiger partial charge in [0.1, 0.15) is 5.82 Å². The minimum absolute atomic E-state index is 0.243. The molecule has 1 saturated heterocycles. The predicted octanol–water partition coefficient (Wildman–Crippen LogP) is 1.75. The lowest BCUT2D eigenvalue weighted by Crippen LogP contribution is -2.28. The molecule has 0 amide bonds. The number of likely N-dealkylation sites (tertiary alicyclic amines) is 1. The van der Waals surface area contributed by atoms with Gasteiger partial charge in [-0.25, -0.2) is 9.18 Å². The number of nitrogens with two attached hydrogens (primary N) is 1. The van der Waals surface area contributed by atoms with E-state index < -0.39 is 11.8 Å². The van der Waals surface area contributed by atoms with E-state index in [1.54, 1.807) is 0 Å². The zero-order chi connectivity index (χ0) is 14.3. The van der Waals surface area contributed by atoms with Crippen molar-refractivity contribution in [3.63, 3.8) is 0 Å². The number of hydrogen-bond acceptors (Lipinski definition) is 4. The van der Waals surface area contributed by atoms with Crippen LogP contribution in [0.15, 0.2) is 12.1 Å². The van der Waals surface area contributed by atoms with Crippen LogP contribution in [0.25, 0.3) is 0 Å². The van der Waals surface area contributed by atoms with Crippen LogP contribution >= 0.6 is 0 Å². The van der Waals surface area contributed by atoms with Crippen LogP contribution in [0.5, 0.6) is 0 Å². The highest BCUT2D eigenvalue weighted by Gasteiger charge is 2.34. The Labute approximate surface area is 116 Å².